The number of benzene rings is 1. The zero-order chi connectivity index (χ0) is 12.1. The summed E-state index contributed by atoms with van der Waals surface area (Å²) in [7, 11) is 0. The minimum atomic E-state index is 0.762. The van der Waals surface area contributed by atoms with Gasteiger partial charge in [-0.15, -0.1) is 0 Å². The summed E-state index contributed by atoms with van der Waals surface area (Å²) in [4.78, 5) is 0. The minimum absolute atomic E-state index is 0.762. The molecule has 0 amide bonds. The summed E-state index contributed by atoms with van der Waals surface area (Å²) in [5.41, 5.74) is 1.26. The highest BCUT2D eigenvalue weighted by Crippen LogP contribution is 2.23. The van der Waals surface area contributed by atoms with Crippen LogP contribution in [0.4, 0.5) is 0 Å². The maximum Gasteiger partial charge on any atom is 0.0548 e. The Hall–Kier alpha value is -0.0900. The molecule has 0 aromatic heterocycles. The predicted octanol–water partition coefficient (Wildman–Crippen LogP) is 3.62. The maximum atomic E-state index is 5.96. The SMILES string of the molecule is Clc1ccc(CNCC2CCOCC2)cc1Br. The Morgan fingerprint density at radius 1 is 1.35 bits per heavy atom. The third kappa shape index (κ3) is 4.25. The quantitative estimate of drug-likeness (QED) is 0.915. The van der Waals surface area contributed by atoms with Crippen molar-refractivity contribution in [3.05, 3.63) is 33.3 Å². The molecule has 0 radical (unpaired) electrons. The van der Waals surface area contributed by atoms with Crippen molar-refractivity contribution in [1.82, 2.24) is 5.32 Å². The molecule has 0 saturated carbocycles. The average Bonchev–Trinajstić information content (AvgIpc) is 2.35. The smallest absolute Gasteiger partial charge is 0.0548 e. The van der Waals surface area contributed by atoms with Crippen molar-refractivity contribution in [2.75, 3.05) is 19.8 Å². The molecule has 1 aliphatic heterocycles. The van der Waals surface area contributed by atoms with Gasteiger partial charge in [0.05, 0.1) is 5.02 Å². The van der Waals surface area contributed by atoms with E-state index in [1.54, 1.807) is 0 Å². The van der Waals surface area contributed by atoms with E-state index >= 15 is 0 Å². The molecule has 0 unspecified atom stereocenters. The lowest BCUT2D eigenvalue weighted by molar-refractivity contribution is 0.0662. The highest BCUT2D eigenvalue weighted by Gasteiger charge is 2.12. The van der Waals surface area contributed by atoms with Gasteiger partial charge in [0.25, 0.3) is 0 Å². The molecule has 1 heterocycles. The second-order valence-corrected chi connectivity index (χ2v) is 5.70. The molecule has 2 rings (SSSR count). The Kier molecular flexibility index (Phi) is 5.29. The Labute approximate surface area is 116 Å². The van der Waals surface area contributed by atoms with E-state index in [1.165, 1.54) is 18.4 Å². The summed E-state index contributed by atoms with van der Waals surface area (Å²) >= 11 is 9.39. The van der Waals surface area contributed by atoms with Gasteiger partial charge in [-0.2, -0.15) is 0 Å². The molecule has 2 nitrogen and oxygen atoms in total. The Morgan fingerprint density at radius 3 is 2.82 bits per heavy atom. The molecular weight excluding hydrogens is 302 g/mol. The second-order valence-electron chi connectivity index (χ2n) is 4.44. The van der Waals surface area contributed by atoms with Gasteiger partial charge >= 0.3 is 0 Å². The lowest BCUT2D eigenvalue weighted by atomic mass is 10.0. The molecule has 1 aromatic rings. The topological polar surface area (TPSA) is 21.3 Å². The minimum Gasteiger partial charge on any atom is -0.381 e. The van der Waals surface area contributed by atoms with Crippen molar-refractivity contribution in [3.63, 3.8) is 0 Å². The molecule has 1 aliphatic rings. The van der Waals surface area contributed by atoms with Crippen molar-refractivity contribution in [3.8, 4) is 0 Å². The van der Waals surface area contributed by atoms with E-state index in [1.807, 2.05) is 6.07 Å². The van der Waals surface area contributed by atoms with E-state index in [2.05, 4.69) is 33.4 Å². The van der Waals surface area contributed by atoms with Gasteiger partial charge in [-0.1, -0.05) is 17.7 Å². The zero-order valence-corrected chi connectivity index (χ0v) is 12.1. The fraction of sp³-hybridized carbons (Fsp3) is 0.538. The monoisotopic (exact) mass is 317 g/mol. The lowest BCUT2D eigenvalue weighted by Gasteiger charge is -2.22. The molecule has 17 heavy (non-hydrogen) atoms. The number of hydrogen-bond acceptors (Lipinski definition) is 2. The van der Waals surface area contributed by atoms with E-state index in [-0.39, 0.29) is 0 Å². The van der Waals surface area contributed by atoms with Gasteiger partial charge in [-0.3, -0.25) is 0 Å². The van der Waals surface area contributed by atoms with Crippen LogP contribution in [0.1, 0.15) is 18.4 Å². The van der Waals surface area contributed by atoms with Crippen molar-refractivity contribution in [2.45, 2.75) is 19.4 Å². The first-order chi connectivity index (χ1) is 8.25. The highest BCUT2D eigenvalue weighted by molar-refractivity contribution is 9.10. The standard InChI is InChI=1S/C13H17BrClNO/c14-12-7-11(1-2-13(12)15)9-16-8-10-3-5-17-6-4-10/h1-2,7,10,16H,3-6,8-9H2. The van der Waals surface area contributed by atoms with Crippen LogP contribution in [-0.4, -0.2) is 19.8 Å². The van der Waals surface area contributed by atoms with Gasteiger partial charge in [-0.05, 0) is 58.9 Å². The van der Waals surface area contributed by atoms with Crippen LogP contribution in [0.15, 0.2) is 22.7 Å². The van der Waals surface area contributed by atoms with E-state index in [4.69, 9.17) is 16.3 Å². The summed E-state index contributed by atoms with van der Waals surface area (Å²) in [6, 6.07) is 6.06. The van der Waals surface area contributed by atoms with Crippen LogP contribution in [0.5, 0.6) is 0 Å². The normalized spacial score (nSPS) is 17.3. The van der Waals surface area contributed by atoms with E-state index in [9.17, 15) is 0 Å². The van der Waals surface area contributed by atoms with Gasteiger partial charge in [0, 0.05) is 24.2 Å². The third-order valence-electron chi connectivity index (χ3n) is 3.09. The Balaban J connectivity index is 1.75. The summed E-state index contributed by atoms with van der Waals surface area (Å²) in [5, 5.41) is 4.26. The molecule has 4 heteroatoms. The highest BCUT2D eigenvalue weighted by atomic mass is 79.9. The number of nitrogens with one attached hydrogen (secondary N) is 1. The number of hydrogen-bond donors (Lipinski definition) is 1. The largest absolute Gasteiger partial charge is 0.381 e. The van der Waals surface area contributed by atoms with Crippen molar-refractivity contribution in [2.24, 2.45) is 5.92 Å². The molecule has 0 aliphatic carbocycles. The fourth-order valence-electron chi connectivity index (χ4n) is 2.02. The Bertz CT molecular complexity index is 366. The summed E-state index contributed by atoms with van der Waals surface area (Å²) in [6.45, 7) is 3.80. The van der Waals surface area contributed by atoms with Crippen LogP contribution < -0.4 is 5.32 Å². The van der Waals surface area contributed by atoms with Gasteiger partial charge in [0.1, 0.15) is 0 Å². The van der Waals surface area contributed by atoms with Crippen LogP contribution >= 0.6 is 27.5 Å². The summed E-state index contributed by atoms with van der Waals surface area (Å²) in [5.74, 6) is 0.763. The van der Waals surface area contributed by atoms with E-state index in [0.29, 0.717) is 0 Å². The molecule has 1 aromatic carbocycles. The van der Waals surface area contributed by atoms with Crippen LogP contribution in [-0.2, 0) is 11.3 Å². The number of rotatable bonds is 4. The predicted molar refractivity (Wildman–Crippen MR) is 74.4 cm³/mol. The van der Waals surface area contributed by atoms with Crippen molar-refractivity contribution < 1.29 is 4.74 Å². The first kappa shape index (κ1) is 13.3. The summed E-state index contributed by atoms with van der Waals surface area (Å²) < 4.78 is 6.31. The van der Waals surface area contributed by atoms with Crippen LogP contribution in [0.25, 0.3) is 0 Å². The molecule has 1 fully saturated rings. The van der Waals surface area contributed by atoms with Crippen LogP contribution in [0.3, 0.4) is 0 Å². The number of halogens is 2. The molecule has 1 N–H and O–H groups in total. The first-order valence-electron chi connectivity index (χ1n) is 5.98. The number of ether oxygens (including phenoxy) is 1. The molecule has 0 bridgehead atoms. The second kappa shape index (κ2) is 6.74. The molecule has 94 valence electrons. The molecule has 1 saturated heterocycles. The third-order valence-corrected chi connectivity index (χ3v) is 4.30. The molecule has 0 atom stereocenters. The summed E-state index contributed by atoms with van der Waals surface area (Å²) in [6.07, 6.45) is 2.36. The lowest BCUT2D eigenvalue weighted by Crippen LogP contribution is -2.27. The maximum absolute atomic E-state index is 5.96. The molecule has 0 spiro atoms. The van der Waals surface area contributed by atoms with Gasteiger partial charge < -0.3 is 10.1 Å². The van der Waals surface area contributed by atoms with Crippen LogP contribution in [0, 0.1) is 5.92 Å². The van der Waals surface area contributed by atoms with Gasteiger partial charge in [-0.25, -0.2) is 0 Å². The van der Waals surface area contributed by atoms with Gasteiger partial charge in [0.2, 0.25) is 0 Å². The van der Waals surface area contributed by atoms with Crippen molar-refractivity contribution >= 4 is 27.5 Å². The van der Waals surface area contributed by atoms with Gasteiger partial charge in [0.15, 0.2) is 0 Å². The van der Waals surface area contributed by atoms with E-state index < -0.39 is 0 Å². The fourth-order valence-corrected chi connectivity index (χ4v) is 2.56. The zero-order valence-electron chi connectivity index (χ0n) is 9.72. The molecular formula is C13H17BrClNO. The van der Waals surface area contributed by atoms with Crippen LogP contribution in [0.2, 0.25) is 5.02 Å². The van der Waals surface area contributed by atoms with Crippen molar-refractivity contribution in [1.29, 1.82) is 0 Å². The Morgan fingerprint density at radius 2 is 2.12 bits per heavy atom. The van der Waals surface area contributed by atoms with E-state index in [0.717, 1.165) is 41.7 Å². The average molecular weight is 319 g/mol. The first-order valence-corrected chi connectivity index (χ1v) is 7.15.